The normalized spacial score (nSPS) is 11.2. The lowest BCUT2D eigenvalue weighted by atomic mass is 10.1. The Bertz CT molecular complexity index is 789. The van der Waals surface area contributed by atoms with Gasteiger partial charge in [-0.3, -0.25) is 4.79 Å². The van der Waals surface area contributed by atoms with Gasteiger partial charge in [-0.25, -0.2) is 9.48 Å². The minimum atomic E-state index is -4.58. The number of anilines is 1. The lowest BCUT2D eigenvalue weighted by Crippen LogP contribution is -2.20. The third kappa shape index (κ3) is 4.68. The Balaban J connectivity index is 2.18. The number of aromatic nitrogens is 3. The molecule has 0 aliphatic rings. The van der Waals surface area contributed by atoms with Crippen LogP contribution >= 0.6 is 0 Å². The van der Waals surface area contributed by atoms with Gasteiger partial charge in [0, 0.05) is 0 Å². The maximum atomic E-state index is 12.8. The molecule has 134 valence electrons. The number of hydrogen-bond acceptors (Lipinski definition) is 5. The number of nitrogens with one attached hydrogen (secondary N) is 1. The van der Waals surface area contributed by atoms with Crippen molar-refractivity contribution in [2.45, 2.75) is 19.6 Å². The van der Waals surface area contributed by atoms with Gasteiger partial charge in [-0.05, 0) is 25.1 Å². The number of carbonyl (C=O) groups excluding carboxylic acids is 1. The molecule has 0 atom stereocenters. The van der Waals surface area contributed by atoms with Crippen molar-refractivity contribution in [1.29, 1.82) is 0 Å². The molecule has 0 aliphatic carbocycles. The second-order valence-corrected chi connectivity index (χ2v) is 4.80. The highest BCUT2D eigenvalue weighted by Gasteiger charge is 2.31. The first-order chi connectivity index (χ1) is 11.7. The summed E-state index contributed by atoms with van der Waals surface area (Å²) in [5.41, 5.74) is -1.46. The van der Waals surface area contributed by atoms with Crippen molar-refractivity contribution in [2.24, 2.45) is 0 Å². The van der Waals surface area contributed by atoms with Crippen LogP contribution in [0.25, 0.3) is 0 Å². The number of amides is 1. The van der Waals surface area contributed by atoms with Crippen LogP contribution in [0.3, 0.4) is 0 Å². The molecule has 8 nitrogen and oxygen atoms in total. The van der Waals surface area contributed by atoms with Crippen LogP contribution in [-0.2, 0) is 17.5 Å². The van der Waals surface area contributed by atoms with E-state index in [0.717, 1.165) is 29.1 Å². The molecule has 1 aromatic carbocycles. The van der Waals surface area contributed by atoms with Crippen LogP contribution in [0.15, 0.2) is 24.4 Å². The summed E-state index contributed by atoms with van der Waals surface area (Å²) in [6.07, 6.45) is -3.55. The zero-order valence-electron chi connectivity index (χ0n) is 12.9. The van der Waals surface area contributed by atoms with Crippen LogP contribution in [0.4, 0.5) is 18.9 Å². The first-order valence-corrected chi connectivity index (χ1v) is 6.98. The van der Waals surface area contributed by atoms with E-state index in [-0.39, 0.29) is 23.7 Å². The van der Waals surface area contributed by atoms with E-state index in [0.29, 0.717) is 0 Å². The van der Waals surface area contributed by atoms with Crippen molar-refractivity contribution < 1.29 is 32.6 Å². The molecule has 2 aromatic rings. The molecule has 0 bridgehead atoms. The second kappa shape index (κ2) is 7.20. The molecule has 1 heterocycles. The summed E-state index contributed by atoms with van der Waals surface area (Å²) < 4.78 is 44.6. The number of carbonyl (C=O) groups is 2. The molecular weight excluding hydrogens is 345 g/mol. The molecule has 1 amide bonds. The van der Waals surface area contributed by atoms with E-state index in [2.05, 4.69) is 15.6 Å². The highest BCUT2D eigenvalue weighted by Crippen LogP contribution is 2.35. The van der Waals surface area contributed by atoms with Gasteiger partial charge >= 0.3 is 12.1 Å². The Morgan fingerprint density at radius 3 is 2.64 bits per heavy atom. The maximum Gasteiger partial charge on any atom is 0.416 e. The summed E-state index contributed by atoms with van der Waals surface area (Å²) in [5.74, 6) is -1.96. The van der Waals surface area contributed by atoms with Gasteiger partial charge in [-0.2, -0.15) is 13.2 Å². The van der Waals surface area contributed by atoms with E-state index in [1.807, 2.05) is 0 Å². The van der Waals surface area contributed by atoms with Crippen molar-refractivity contribution in [3.05, 3.63) is 35.7 Å². The van der Waals surface area contributed by atoms with Crippen LogP contribution in [0.5, 0.6) is 5.75 Å². The van der Waals surface area contributed by atoms with Gasteiger partial charge in [0.2, 0.25) is 5.91 Å². The van der Waals surface area contributed by atoms with Gasteiger partial charge in [-0.1, -0.05) is 5.21 Å². The summed E-state index contributed by atoms with van der Waals surface area (Å²) in [4.78, 5) is 22.7. The summed E-state index contributed by atoms with van der Waals surface area (Å²) in [6, 6.07) is 2.71. The molecule has 1 aromatic heterocycles. The smallest absolute Gasteiger partial charge is 0.416 e. The number of carboxylic acids is 1. The lowest BCUT2D eigenvalue weighted by Gasteiger charge is -2.14. The van der Waals surface area contributed by atoms with Crippen LogP contribution in [0, 0.1) is 0 Å². The number of rotatable bonds is 6. The van der Waals surface area contributed by atoms with E-state index in [9.17, 15) is 22.8 Å². The van der Waals surface area contributed by atoms with Crippen LogP contribution in [-0.4, -0.2) is 38.6 Å². The average molecular weight is 358 g/mol. The lowest BCUT2D eigenvalue weighted by molar-refractivity contribution is -0.137. The minimum absolute atomic E-state index is 0.0775. The number of nitrogens with zero attached hydrogens (tertiary/aromatic N) is 3. The number of aromatic carboxylic acids is 1. The first-order valence-electron chi connectivity index (χ1n) is 6.98. The van der Waals surface area contributed by atoms with Gasteiger partial charge in [-0.15, -0.1) is 5.10 Å². The average Bonchev–Trinajstić information content (AvgIpc) is 2.96. The number of ether oxygens (including phenoxy) is 1. The molecule has 0 saturated carbocycles. The molecule has 2 rings (SSSR count). The first kappa shape index (κ1) is 18.2. The van der Waals surface area contributed by atoms with Crippen LogP contribution in [0.2, 0.25) is 0 Å². The Hall–Kier alpha value is -3.11. The summed E-state index contributed by atoms with van der Waals surface area (Å²) in [7, 11) is 0. The number of halogens is 3. The zero-order valence-corrected chi connectivity index (χ0v) is 12.9. The van der Waals surface area contributed by atoms with Gasteiger partial charge < -0.3 is 15.2 Å². The Labute approximate surface area is 139 Å². The van der Waals surface area contributed by atoms with E-state index >= 15 is 0 Å². The molecule has 25 heavy (non-hydrogen) atoms. The maximum absolute atomic E-state index is 12.8. The molecule has 0 fully saturated rings. The molecule has 0 spiro atoms. The van der Waals surface area contributed by atoms with Crippen molar-refractivity contribution in [1.82, 2.24) is 15.0 Å². The number of hydrogen-bond donors (Lipinski definition) is 2. The molecule has 11 heteroatoms. The van der Waals surface area contributed by atoms with Gasteiger partial charge in [0.25, 0.3) is 0 Å². The van der Waals surface area contributed by atoms with Crippen molar-refractivity contribution in [3.63, 3.8) is 0 Å². The van der Waals surface area contributed by atoms with E-state index in [4.69, 9.17) is 9.84 Å². The zero-order chi connectivity index (χ0) is 18.6. The predicted molar refractivity (Wildman–Crippen MR) is 78.2 cm³/mol. The quantitative estimate of drug-likeness (QED) is 0.818. The third-order valence-electron chi connectivity index (χ3n) is 2.94. The van der Waals surface area contributed by atoms with Gasteiger partial charge in [0.05, 0.1) is 24.1 Å². The van der Waals surface area contributed by atoms with Crippen molar-refractivity contribution >= 4 is 17.6 Å². The fourth-order valence-corrected chi connectivity index (χ4v) is 1.90. The van der Waals surface area contributed by atoms with Crippen LogP contribution in [0.1, 0.15) is 23.0 Å². The molecule has 0 radical (unpaired) electrons. The monoisotopic (exact) mass is 358 g/mol. The summed E-state index contributed by atoms with van der Waals surface area (Å²) >= 11 is 0. The standard InChI is InChI=1S/C14H13F3N4O4/c1-2-25-11-4-3-8(14(15,16)17)5-9(11)18-12(22)7-21-6-10(13(23)24)19-20-21/h3-6H,2,7H2,1H3,(H,18,22)(H,23,24). The fourth-order valence-electron chi connectivity index (χ4n) is 1.90. The SMILES string of the molecule is CCOc1ccc(C(F)(F)F)cc1NC(=O)Cn1cc(C(=O)O)nn1. The van der Waals surface area contributed by atoms with Crippen molar-refractivity contribution in [3.8, 4) is 5.75 Å². The van der Waals surface area contributed by atoms with Gasteiger partial charge in [0.1, 0.15) is 12.3 Å². The third-order valence-corrected chi connectivity index (χ3v) is 2.94. The molecule has 0 aliphatic heterocycles. The Morgan fingerprint density at radius 2 is 2.08 bits per heavy atom. The van der Waals surface area contributed by atoms with Crippen LogP contribution < -0.4 is 10.1 Å². The van der Waals surface area contributed by atoms with E-state index in [1.165, 1.54) is 0 Å². The van der Waals surface area contributed by atoms with E-state index < -0.39 is 30.2 Å². The topological polar surface area (TPSA) is 106 Å². The number of benzene rings is 1. The Kier molecular flexibility index (Phi) is 5.25. The van der Waals surface area contributed by atoms with Crippen molar-refractivity contribution in [2.75, 3.05) is 11.9 Å². The van der Waals surface area contributed by atoms with Gasteiger partial charge in [0.15, 0.2) is 5.69 Å². The molecule has 0 saturated heterocycles. The largest absolute Gasteiger partial charge is 0.492 e. The summed E-state index contributed by atoms with van der Waals surface area (Å²) in [6.45, 7) is 1.41. The molecular formula is C14H13F3N4O4. The minimum Gasteiger partial charge on any atom is -0.492 e. The van der Waals surface area contributed by atoms with E-state index in [1.54, 1.807) is 6.92 Å². The number of alkyl halides is 3. The molecule has 2 N–H and O–H groups in total. The highest BCUT2D eigenvalue weighted by atomic mass is 19.4. The fraction of sp³-hybridized carbons (Fsp3) is 0.286. The molecule has 0 unspecified atom stereocenters. The number of carboxylic acid groups (broad SMARTS) is 1. The predicted octanol–water partition coefficient (Wildman–Crippen LogP) is 2.03. The second-order valence-electron chi connectivity index (χ2n) is 4.80. The Morgan fingerprint density at radius 1 is 1.36 bits per heavy atom. The summed E-state index contributed by atoms with van der Waals surface area (Å²) in [5, 5.41) is 17.8. The highest BCUT2D eigenvalue weighted by molar-refractivity contribution is 5.92.